The molecule has 0 radical (unpaired) electrons. The summed E-state index contributed by atoms with van der Waals surface area (Å²) in [5.74, 6) is 1.95. The van der Waals surface area contributed by atoms with Gasteiger partial charge >= 0.3 is 0 Å². The lowest BCUT2D eigenvalue weighted by Crippen LogP contribution is -2.30. The fourth-order valence-corrected chi connectivity index (χ4v) is 4.33. The minimum Gasteiger partial charge on any atom is -0.497 e. The molecule has 1 aromatic heterocycles. The Balaban J connectivity index is 1.69. The van der Waals surface area contributed by atoms with Crippen molar-refractivity contribution >= 4 is 34.6 Å². The summed E-state index contributed by atoms with van der Waals surface area (Å²) in [6, 6.07) is 15.5. The Morgan fingerprint density at radius 2 is 1.88 bits per heavy atom. The first-order valence-electron chi connectivity index (χ1n) is 10.7. The molecule has 7 nitrogen and oxygen atoms in total. The lowest BCUT2D eigenvalue weighted by molar-refractivity contribution is -0.113. The van der Waals surface area contributed by atoms with Crippen LogP contribution in [-0.4, -0.2) is 28.3 Å². The summed E-state index contributed by atoms with van der Waals surface area (Å²) in [5.41, 5.74) is 3.21. The van der Waals surface area contributed by atoms with E-state index >= 15 is 0 Å². The highest BCUT2D eigenvalue weighted by atomic mass is 32.2. The number of aliphatic imine (C=N–C) groups is 1. The van der Waals surface area contributed by atoms with E-state index in [-0.39, 0.29) is 11.2 Å². The van der Waals surface area contributed by atoms with Crippen molar-refractivity contribution in [3.05, 3.63) is 77.1 Å². The number of aryl methyl sites for hydroxylation is 1. The van der Waals surface area contributed by atoms with Gasteiger partial charge in [-0.2, -0.15) is 4.98 Å². The van der Waals surface area contributed by atoms with Crippen molar-refractivity contribution in [2.24, 2.45) is 4.99 Å². The first kappa shape index (κ1) is 22.8. The molecule has 170 valence electrons. The maximum absolute atomic E-state index is 13.5. The molecule has 1 aliphatic rings. The number of ether oxygens (including phenoxy) is 1. The van der Waals surface area contributed by atoms with Gasteiger partial charge in [-0.3, -0.25) is 9.69 Å². The molecule has 0 saturated carbocycles. The number of rotatable bonds is 6. The van der Waals surface area contributed by atoms with Gasteiger partial charge in [-0.25, -0.2) is 4.99 Å². The zero-order valence-electron chi connectivity index (χ0n) is 19.3. The summed E-state index contributed by atoms with van der Waals surface area (Å²) in [4.78, 5) is 24.1. The minimum absolute atomic E-state index is 0.185. The van der Waals surface area contributed by atoms with Crippen molar-refractivity contribution in [3.63, 3.8) is 0 Å². The number of carbonyl (C=O) groups is 1. The predicted octanol–water partition coefficient (Wildman–Crippen LogP) is 5.75. The van der Waals surface area contributed by atoms with E-state index in [0.29, 0.717) is 39.9 Å². The molecule has 0 saturated heterocycles. The average molecular weight is 463 g/mol. The topological polar surface area (TPSA) is 80.8 Å². The van der Waals surface area contributed by atoms with Gasteiger partial charge in [0.25, 0.3) is 5.91 Å². The number of anilines is 1. The number of carbonyl (C=O) groups excluding carboxylic acids is 1. The SMILES string of the molecule is COc1cccc(N2C(=O)/C(=C\c3ccc(C(C)C)cc3)N=C2SC(C)c2nc(C)no2)c1. The van der Waals surface area contributed by atoms with Crippen LogP contribution in [0.4, 0.5) is 5.69 Å². The fourth-order valence-electron chi connectivity index (χ4n) is 3.37. The van der Waals surface area contributed by atoms with Gasteiger partial charge in [-0.05, 0) is 49.1 Å². The maximum atomic E-state index is 13.5. The number of amides is 1. The maximum Gasteiger partial charge on any atom is 0.283 e. The van der Waals surface area contributed by atoms with Crippen molar-refractivity contribution in [3.8, 4) is 5.75 Å². The second-order valence-corrected chi connectivity index (χ2v) is 9.34. The standard InChI is InChI=1S/C25H26N4O3S/c1-15(2)19-11-9-18(10-12-19)13-22-24(30)29(20-7-6-8-21(14-20)31-5)25(27-22)33-16(3)23-26-17(4)28-32-23/h6-16H,1-5H3/b22-13+. The Kier molecular flexibility index (Phi) is 6.65. The summed E-state index contributed by atoms with van der Waals surface area (Å²) in [6.07, 6.45) is 1.81. The van der Waals surface area contributed by atoms with E-state index < -0.39 is 0 Å². The molecule has 33 heavy (non-hydrogen) atoms. The summed E-state index contributed by atoms with van der Waals surface area (Å²) in [7, 11) is 1.60. The largest absolute Gasteiger partial charge is 0.497 e. The normalized spacial score (nSPS) is 15.9. The molecule has 0 N–H and O–H groups in total. The number of nitrogens with zero attached hydrogens (tertiary/aromatic N) is 4. The first-order valence-corrected chi connectivity index (χ1v) is 11.6. The monoisotopic (exact) mass is 462 g/mol. The van der Waals surface area contributed by atoms with E-state index in [1.165, 1.54) is 17.3 Å². The fraction of sp³-hybridized carbons (Fsp3) is 0.280. The summed E-state index contributed by atoms with van der Waals surface area (Å²) in [5, 5.41) is 4.23. The summed E-state index contributed by atoms with van der Waals surface area (Å²) >= 11 is 1.39. The van der Waals surface area contributed by atoms with Gasteiger partial charge in [-0.1, -0.05) is 61.1 Å². The Morgan fingerprint density at radius 1 is 1.12 bits per heavy atom. The third kappa shape index (κ3) is 5.01. The molecule has 0 spiro atoms. The lowest BCUT2D eigenvalue weighted by Gasteiger charge is -2.19. The molecule has 1 unspecified atom stereocenters. The molecule has 1 aliphatic heterocycles. The van der Waals surface area contributed by atoms with Gasteiger partial charge in [0.1, 0.15) is 11.4 Å². The molecule has 1 atom stereocenters. The molecule has 4 rings (SSSR count). The predicted molar refractivity (Wildman–Crippen MR) is 131 cm³/mol. The van der Waals surface area contributed by atoms with Crippen LogP contribution in [0.25, 0.3) is 6.08 Å². The van der Waals surface area contributed by atoms with Crippen molar-refractivity contribution < 1.29 is 14.1 Å². The quantitative estimate of drug-likeness (QED) is 0.434. The number of aromatic nitrogens is 2. The van der Waals surface area contributed by atoms with Crippen LogP contribution in [0.15, 0.2) is 63.7 Å². The van der Waals surface area contributed by atoms with Gasteiger partial charge in [0.15, 0.2) is 11.0 Å². The van der Waals surface area contributed by atoms with Crippen LogP contribution in [0.1, 0.15) is 54.8 Å². The lowest BCUT2D eigenvalue weighted by atomic mass is 10.0. The minimum atomic E-state index is -0.201. The Labute approximate surface area is 197 Å². The smallest absolute Gasteiger partial charge is 0.283 e. The van der Waals surface area contributed by atoms with Crippen LogP contribution in [0, 0.1) is 6.92 Å². The van der Waals surface area contributed by atoms with Crippen LogP contribution in [0.2, 0.25) is 0 Å². The average Bonchev–Trinajstić information content (AvgIpc) is 3.37. The third-order valence-corrected chi connectivity index (χ3v) is 6.26. The Bertz CT molecular complexity index is 1210. The number of benzene rings is 2. The number of hydrogen-bond acceptors (Lipinski definition) is 7. The van der Waals surface area contributed by atoms with E-state index in [9.17, 15) is 4.79 Å². The number of thioether (sulfide) groups is 1. The van der Waals surface area contributed by atoms with E-state index in [1.807, 2.05) is 49.4 Å². The highest BCUT2D eigenvalue weighted by Gasteiger charge is 2.34. The van der Waals surface area contributed by atoms with Crippen molar-refractivity contribution in [2.45, 2.75) is 38.9 Å². The van der Waals surface area contributed by atoms with Gasteiger partial charge in [-0.15, -0.1) is 0 Å². The molecule has 0 bridgehead atoms. The number of hydrogen-bond donors (Lipinski definition) is 0. The summed E-state index contributed by atoms with van der Waals surface area (Å²) in [6.45, 7) is 8.02. The van der Waals surface area contributed by atoms with Crippen LogP contribution in [-0.2, 0) is 4.79 Å². The zero-order chi connectivity index (χ0) is 23.5. The van der Waals surface area contributed by atoms with Crippen LogP contribution >= 0.6 is 11.8 Å². The van der Waals surface area contributed by atoms with E-state index in [0.717, 1.165) is 5.56 Å². The number of methoxy groups -OCH3 is 1. The molecule has 2 aromatic carbocycles. The molecule has 2 heterocycles. The first-order chi connectivity index (χ1) is 15.9. The molecule has 3 aromatic rings. The molecule has 0 aliphatic carbocycles. The van der Waals surface area contributed by atoms with Crippen molar-refractivity contribution in [2.75, 3.05) is 12.0 Å². The second kappa shape index (κ2) is 9.62. The van der Waals surface area contributed by atoms with Crippen molar-refractivity contribution in [1.29, 1.82) is 0 Å². The molecule has 1 amide bonds. The highest BCUT2D eigenvalue weighted by Crippen LogP contribution is 2.37. The van der Waals surface area contributed by atoms with E-state index in [2.05, 4.69) is 36.1 Å². The second-order valence-electron chi connectivity index (χ2n) is 8.03. The molecule has 0 fully saturated rings. The molecular formula is C25H26N4O3S. The summed E-state index contributed by atoms with van der Waals surface area (Å²) < 4.78 is 10.7. The van der Waals surface area contributed by atoms with Crippen LogP contribution in [0.5, 0.6) is 5.75 Å². The molecule has 8 heteroatoms. The van der Waals surface area contributed by atoms with Crippen LogP contribution in [0.3, 0.4) is 0 Å². The van der Waals surface area contributed by atoms with Crippen LogP contribution < -0.4 is 9.64 Å². The zero-order valence-corrected chi connectivity index (χ0v) is 20.1. The van der Waals surface area contributed by atoms with Crippen molar-refractivity contribution in [1.82, 2.24) is 10.1 Å². The number of amidine groups is 1. The van der Waals surface area contributed by atoms with Gasteiger partial charge in [0.05, 0.1) is 18.0 Å². The molecular weight excluding hydrogens is 436 g/mol. The van der Waals surface area contributed by atoms with Gasteiger partial charge in [0.2, 0.25) is 5.89 Å². The van der Waals surface area contributed by atoms with E-state index in [4.69, 9.17) is 14.3 Å². The Hall–Kier alpha value is -3.39. The van der Waals surface area contributed by atoms with Gasteiger partial charge < -0.3 is 9.26 Å². The van der Waals surface area contributed by atoms with E-state index in [1.54, 1.807) is 18.9 Å². The highest BCUT2D eigenvalue weighted by molar-refractivity contribution is 8.14. The third-order valence-electron chi connectivity index (χ3n) is 5.22. The van der Waals surface area contributed by atoms with Gasteiger partial charge in [0, 0.05) is 6.07 Å². The Morgan fingerprint density at radius 3 is 2.52 bits per heavy atom.